The van der Waals surface area contributed by atoms with Gasteiger partial charge in [-0.05, 0) is 47.1 Å². The molecule has 150 valence electrons. The van der Waals surface area contributed by atoms with Gasteiger partial charge in [-0.15, -0.1) is 11.3 Å². The van der Waals surface area contributed by atoms with Gasteiger partial charge in [0.15, 0.2) is 0 Å². The molecule has 1 aromatic carbocycles. The predicted octanol–water partition coefficient (Wildman–Crippen LogP) is 2.98. The van der Waals surface area contributed by atoms with Crippen LogP contribution in [0, 0.1) is 0 Å². The highest BCUT2D eigenvalue weighted by Gasteiger charge is 2.22. The van der Waals surface area contributed by atoms with Crippen LogP contribution < -0.4 is 10.1 Å². The molecule has 1 fully saturated rings. The number of carbonyl (C=O) groups is 2. The van der Waals surface area contributed by atoms with Gasteiger partial charge < -0.3 is 15.0 Å². The number of piperazine rings is 1. The van der Waals surface area contributed by atoms with Crippen molar-refractivity contribution in [2.45, 2.75) is 13.5 Å². The highest BCUT2D eigenvalue weighted by atomic mass is 79.9. The van der Waals surface area contributed by atoms with E-state index in [9.17, 15) is 9.59 Å². The van der Waals surface area contributed by atoms with Crippen molar-refractivity contribution in [3.8, 4) is 5.75 Å². The highest BCUT2D eigenvalue weighted by Crippen LogP contribution is 2.23. The zero-order chi connectivity index (χ0) is 19.9. The fourth-order valence-corrected chi connectivity index (χ4v) is 4.64. The average molecular weight is 466 g/mol. The summed E-state index contributed by atoms with van der Waals surface area (Å²) in [5, 5.41) is 2.72. The lowest BCUT2D eigenvalue weighted by atomic mass is 10.2. The minimum atomic E-state index is -0.292. The number of carbonyl (C=O) groups excluding carboxylic acids is 2. The van der Waals surface area contributed by atoms with E-state index in [4.69, 9.17) is 4.74 Å². The monoisotopic (exact) mass is 465 g/mol. The van der Waals surface area contributed by atoms with Gasteiger partial charge in [0.1, 0.15) is 5.75 Å². The van der Waals surface area contributed by atoms with Crippen LogP contribution >= 0.6 is 27.3 Å². The molecular weight excluding hydrogens is 442 g/mol. The summed E-state index contributed by atoms with van der Waals surface area (Å²) in [6, 6.07) is 11.2. The molecule has 0 spiro atoms. The molecule has 1 saturated heterocycles. The molecule has 0 saturated carbocycles. The Labute approximate surface area is 177 Å². The van der Waals surface area contributed by atoms with Crippen molar-refractivity contribution in [2.24, 2.45) is 0 Å². The summed E-state index contributed by atoms with van der Waals surface area (Å²) in [5.74, 6) is 0.184. The maximum absolute atomic E-state index is 12.5. The van der Waals surface area contributed by atoms with E-state index >= 15 is 0 Å². The van der Waals surface area contributed by atoms with Gasteiger partial charge in [0, 0.05) is 37.6 Å². The van der Waals surface area contributed by atoms with Crippen molar-refractivity contribution >= 4 is 39.1 Å². The third-order valence-corrected chi connectivity index (χ3v) is 6.17. The van der Waals surface area contributed by atoms with Gasteiger partial charge >= 0.3 is 0 Å². The number of para-hydroxylation sites is 1. The molecule has 2 amide bonds. The predicted molar refractivity (Wildman–Crippen MR) is 114 cm³/mol. The van der Waals surface area contributed by atoms with Crippen LogP contribution in [-0.4, -0.2) is 60.9 Å². The van der Waals surface area contributed by atoms with Crippen molar-refractivity contribution in [1.29, 1.82) is 0 Å². The molecule has 1 aliphatic heterocycles. The number of halogens is 1. The van der Waals surface area contributed by atoms with Gasteiger partial charge in [0.2, 0.25) is 5.91 Å². The summed E-state index contributed by atoms with van der Waals surface area (Å²) in [4.78, 5) is 30.4. The van der Waals surface area contributed by atoms with Crippen LogP contribution in [0.25, 0.3) is 0 Å². The van der Waals surface area contributed by atoms with Crippen molar-refractivity contribution in [2.75, 3.05) is 39.3 Å². The quantitative estimate of drug-likeness (QED) is 0.682. The highest BCUT2D eigenvalue weighted by molar-refractivity contribution is 9.11. The van der Waals surface area contributed by atoms with Crippen LogP contribution in [0.2, 0.25) is 0 Å². The Bertz CT molecular complexity index is 819. The van der Waals surface area contributed by atoms with Crippen LogP contribution in [0.5, 0.6) is 5.75 Å². The SMILES string of the molecule is CCOc1ccccc1C(=O)NCC(=O)N1CCN(Cc2ccc(Br)s2)CC1. The minimum Gasteiger partial charge on any atom is -0.493 e. The third kappa shape index (κ3) is 5.56. The molecule has 6 nitrogen and oxygen atoms in total. The zero-order valence-electron chi connectivity index (χ0n) is 15.8. The van der Waals surface area contributed by atoms with Crippen molar-refractivity contribution in [3.05, 3.63) is 50.6 Å². The Morgan fingerprint density at radius 1 is 1.14 bits per heavy atom. The molecule has 2 aromatic rings. The molecular formula is C20H24BrN3O3S. The number of rotatable bonds is 7. The first-order chi connectivity index (χ1) is 13.6. The molecule has 0 unspecified atom stereocenters. The summed E-state index contributed by atoms with van der Waals surface area (Å²) in [6.07, 6.45) is 0. The van der Waals surface area contributed by atoms with Crippen LogP contribution in [0.1, 0.15) is 22.2 Å². The summed E-state index contributed by atoms with van der Waals surface area (Å²) in [6.45, 7) is 6.28. The number of nitrogens with zero attached hydrogens (tertiary/aromatic N) is 2. The molecule has 3 rings (SSSR count). The standard InChI is InChI=1S/C20H24BrN3O3S/c1-2-27-17-6-4-3-5-16(17)20(26)22-13-19(25)24-11-9-23(10-12-24)14-15-7-8-18(21)28-15/h3-8H,2,9-14H2,1H3,(H,22,26). The van der Waals surface area contributed by atoms with Gasteiger partial charge in [-0.2, -0.15) is 0 Å². The fourth-order valence-electron chi connectivity index (χ4n) is 3.11. The molecule has 1 aliphatic rings. The summed E-state index contributed by atoms with van der Waals surface area (Å²) in [5.41, 5.74) is 0.448. The Balaban J connectivity index is 1.45. The lowest BCUT2D eigenvalue weighted by Gasteiger charge is -2.34. The fraction of sp³-hybridized carbons (Fsp3) is 0.400. The Morgan fingerprint density at radius 3 is 2.57 bits per heavy atom. The molecule has 0 aliphatic carbocycles. The van der Waals surface area contributed by atoms with E-state index in [1.807, 2.05) is 17.9 Å². The number of ether oxygens (including phenoxy) is 1. The van der Waals surface area contributed by atoms with Gasteiger partial charge in [0.25, 0.3) is 5.91 Å². The summed E-state index contributed by atoms with van der Waals surface area (Å²) >= 11 is 5.23. The second kappa shape index (κ2) is 10.0. The number of amides is 2. The van der Waals surface area contributed by atoms with Crippen molar-refractivity contribution in [3.63, 3.8) is 0 Å². The molecule has 8 heteroatoms. The van der Waals surface area contributed by atoms with Crippen LogP contribution in [0.4, 0.5) is 0 Å². The Kier molecular flexibility index (Phi) is 7.47. The number of benzene rings is 1. The van der Waals surface area contributed by atoms with E-state index in [0.29, 0.717) is 31.0 Å². The van der Waals surface area contributed by atoms with Crippen LogP contribution in [-0.2, 0) is 11.3 Å². The lowest BCUT2D eigenvalue weighted by Crippen LogP contribution is -2.50. The Hall–Kier alpha value is -1.90. The third-order valence-electron chi connectivity index (χ3n) is 4.56. The van der Waals surface area contributed by atoms with Gasteiger partial charge in [0.05, 0.1) is 22.5 Å². The molecule has 28 heavy (non-hydrogen) atoms. The smallest absolute Gasteiger partial charge is 0.255 e. The first-order valence-electron chi connectivity index (χ1n) is 9.31. The second-order valence-electron chi connectivity index (χ2n) is 6.47. The molecule has 0 atom stereocenters. The lowest BCUT2D eigenvalue weighted by molar-refractivity contribution is -0.131. The topological polar surface area (TPSA) is 61.9 Å². The van der Waals surface area contributed by atoms with Crippen molar-refractivity contribution < 1.29 is 14.3 Å². The normalized spacial score (nSPS) is 14.7. The van der Waals surface area contributed by atoms with Crippen molar-refractivity contribution in [1.82, 2.24) is 15.1 Å². The first kappa shape index (κ1) is 20.8. The van der Waals surface area contributed by atoms with Gasteiger partial charge in [-0.1, -0.05) is 12.1 Å². The zero-order valence-corrected chi connectivity index (χ0v) is 18.2. The van der Waals surface area contributed by atoms with Gasteiger partial charge in [-0.25, -0.2) is 0 Å². The number of hydrogen-bond donors (Lipinski definition) is 1. The molecule has 0 radical (unpaired) electrons. The Morgan fingerprint density at radius 2 is 1.89 bits per heavy atom. The summed E-state index contributed by atoms with van der Waals surface area (Å²) < 4.78 is 6.62. The number of nitrogens with one attached hydrogen (secondary N) is 1. The maximum Gasteiger partial charge on any atom is 0.255 e. The number of hydrogen-bond acceptors (Lipinski definition) is 5. The first-order valence-corrected chi connectivity index (χ1v) is 10.9. The number of thiophene rings is 1. The summed E-state index contributed by atoms with van der Waals surface area (Å²) in [7, 11) is 0. The van der Waals surface area contributed by atoms with E-state index in [0.717, 1.165) is 23.4 Å². The largest absolute Gasteiger partial charge is 0.493 e. The molecule has 2 heterocycles. The van der Waals surface area contributed by atoms with E-state index in [1.54, 1.807) is 29.5 Å². The van der Waals surface area contributed by atoms with Crippen LogP contribution in [0.15, 0.2) is 40.2 Å². The molecule has 1 N–H and O–H groups in total. The van der Waals surface area contributed by atoms with Crippen LogP contribution in [0.3, 0.4) is 0 Å². The second-order valence-corrected chi connectivity index (χ2v) is 9.02. The molecule has 0 bridgehead atoms. The van der Waals surface area contributed by atoms with Gasteiger partial charge in [-0.3, -0.25) is 14.5 Å². The van der Waals surface area contributed by atoms with E-state index < -0.39 is 0 Å². The average Bonchev–Trinajstić information content (AvgIpc) is 3.11. The molecule has 1 aromatic heterocycles. The van der Waals surface area contributed by atoms with E-state index in [-0.39, 0.29) is 18.4 Å². The maximum atomic E-state index is 12.5. The van der Waals surface area contributed by atoms with E-state index in [1.165, 1.54) is 4.88 Å². The minimum absolute atomic E-state index is 0.00281. The van der Waals surface area contributed by atoms with E-state index in [2.05, 4.69) is 38.3 Å².